The van der Waals surface area contributed by atoms with Crippen LogP contribution in [0.25, 0.3) is 0 Å². The van der Waals surface area contributed by atoms with Gasteiger partial charge in [0.05, 0.1) is 12.1 Å². The highest BCUT2D eigenvalue weighted by Crippen LogP contribution is 2.46. The van der Waals surface area contributed by atoms with Gasteiger partial charge in [-0.05, 0) is 63.0 Å². The Hall–Kier alpha value is -2.83. The van der Waals surface area contributed by atoms with Crippen LogP contribution in [0.15, 0.2) is 36.7 Å². The molecule has 4 N–H and O–H groups in total. The average Bonchev–Trinajstić information content (AvgIpc) is 3.42. The second-order valence-corrected chi connectivity index (χ2v) is 13.1. The molecule has 218 valence electrons. The molecular formula is C28H40N6O5S. The van der Waals surface area contributed by atoms with Crippen molar-refractivity contribution < 1.29 is 22.8 Å². The molecule has 1 aromatic heterocycles. The maximum absolute atomic E-state index is 13.7. The largest absolute Gasteiger partial charge is 0.339 e. The Balaban J connectivity index is 1.37. The summed E-state index contributed by atoms with van der Waals surface area (Å²) in [6.07, 6.45) is 14.8. The van der Waals surface area contributed by atoms with Crippen LogP contribution in [0.5, 0.6) is 0 Å². The van der Waals surface area contributed by atoms with E-state index in [2.05, 4.69) is 15.0 Å². The van der Waals surface area contributed by atoms with Crippen LogP contribution < -0.4 is 15.8 Å². The lowest BCUT2D eigenvalue weighted by Crippen LogP contribution is -2.59. The number of amides is 3. The number of pyridine rings is 1. The van der Waals surface area contributed by atoms with Crippen LogP contribution in [0.3, 0.4) is 0 Å². The Kier molecular flexibility index (Phi) is 8.58. The first-order chi connectivity index (χ1) is 19.2. The maximum atomic E-state index is 13.7. The predicted octanol–water partition coefficient (Wildman–Crippen LogP) is 1.68. The summed E-state index contributed by atoms with van der Waals surface area (Å²) in [5.41, 5.74) is 5.57. The highest BCUT2D eigenvalue weighted by atomic mass is 32.2. The number of carbonyl (C=O) groups is 3. The lowest BCUT2D eigenvalue weighted by molar-refractivity contribution is -0.140. The van der Waals surface area contributed by atoms with Gasteiger partial charge in [-0.1, -0.05) is 37.5 Å². The molecule has 5 rings (SSSR count). The van der Waals surface area contributed by atoms with E-state index in [0.717, 1.165) is 37.7 Å². The van der Waals surface area contributed by atoms with Crippen LogP contribution in [-0.4, -0.2) is 71.0 Å². The Morgan fingerprint density at radius 2 is 1.85 bits per heavy atom. The fraction of sp³-hybridized carbons (Fsp3) is 0.643. The first kappa shape index (κ1) is 28.7. The van der Waals surface area contributed by atoms with Crippen molar-refractivity contribution >= 4 is 27.9 Å². The smallest absolute Gasteiger partial charge is 0.304 e. The van der Waals surface area contributed by atoms with Gasteiger partial charge in [0.2, 0.25) is 11.8 Å². The number of carbonyl (C=O) groups excluding carboxylic acids is 3. The second-order valence-electron chi connectivity index (χ2n) is 11.5. The van der Waals surface area contributed by atoms with E-state index in [0.29, 0.717) is 45.1 Å². The number of hydrogen-bond donors (Lipinski definition) is 3. The lowest BCUT2D eigenvalue weighted by Gasteiger charge is -2.35. The lowest BCUT2D eigenvalue weighted by atomic mass is 9.99. The van der Waals surface area contributed by atoms with E-state index in [9.17, 15) is 22.8 Å². The molecule has 11 nitrogen and oxygen atoms in total. The van der Waals surface area contributed by atoms with Crippen molar-refractivity contribution in [3.05, 3.63) is 42.2 Å². The Bertz CT molecular complexity index is 1240. The van der Waals surface area contributed by atoms with Crippen molar-refractivity contribution in [2.24, 2.45) is 11.7 Å². The minimum atomic E-state index is -4.21. The molecule has 40 heavy (non-hydrogen) atoms. The third-order valence-electron chi connectivity index (χ3n) is 8.73. The molecule has 1 aromatic rings. The van der Waals surface area contributed by atoms with Crippen molar-refractivity contribution in [2.75, 3.05) is 13.1 Å². The van der Waals surface area contributed by atoms with Crippen LogP contribution in [-0.2, 0) is 24.6 Å². The molecule has 12 heteroatoms. The second kappa shape index (κ2) is 12.0. The number of fused-ring (bicyclic) bond motifs is 2. The minimum Gasteiger partial charge on any atom is -0.339 e. The Morgan fingerprint density at radius 3 is 2.65 bits per heavy atom. The fourth-order valence-corrected chi connectivity index (χ4v) is 7.82. The van der Waals surface area contributed by atoms with Crippen molar-refractivity contribution in [1.29, 1.82) is 0 Å². The van der Waals surface area contributed by atoms with Gasteiger partial charge in [0.25, 0.3) is 5.91 Å². The molecule has 1 saturated carbocycles. The van der Waals surface area contributed by atoms with E-state index in [4.69, 9.17) is 5.73 Å². The number of aromatic nitrogens is 1. The third-order valence-corrected chi connectivity index (χ3v) is 10.2. The van der Waals surface area contributed by atoms with Crippen LogP contribution >= 0.6 is 0 Å². The Morgan fingerprint density at radius 1 is 1.05 bits per heavy atom. The van der Waals surface area contributed by atoms with E-state index in [1.165, 1.54) is 9.21 Å². The molecule has 1 aliphatic carbocycles. The molecule has 5 atom stereocenters. The summed E-state index contributed by atoms with van der Waals surface area (Å²) in [4.78, 5) is 46.0. The van der Waals surface area contributed by atoms with Crippen molar-refractivity contribution in [2.45, 2.75) is 94.3 Å². The monoisotopic (exact) mass is 572 g/mol. The normalized spacial score (nSPS) is 33.1. The topological polar surface area (TPSA) is 155 Å². The van der Waals surface area contributed by atoms with Gasteiger partial charge in [-0.2, -0.15) is 12.7 Å². The molecule has 4 heterocycles. The highest BCUT2D eigenvalue weighted by molar-refractivity contribution is 7.87. The Labute approximate surface area is 236 Å². The molecular weight excluding hydrogens is 532 g/mol. The minimum absolute atomic E-state index is 0.245. The van der Waals surface area contributed by atoms with Crippen LogP contribution in [0.2, 0.25) is 0 Å². The number of piperidine rings is 1. The van der Waals surface area contributed by atoms with Gasteiger partial charge >= 0.3 is 10.2 Å². The van der Waals surface area contributed by atoms with E-state index in [-0.39, 0.29) is 18.4 Å². The molecule has 0 bridgehead atoms. The number of nitrogens with two attached hydrogens (primary N) is 1. The predicted molar refractivity (Wildman–Crippen MR) is 149 cm³/mol. The SMILES string of the molecule is N[C@H]1CCCCC/C=C\[C@@H]2C[C@@]2(C(=O)NS(=O)(=O)N2CCCCC2c2cccnc2)NC(=O)[C@@H]2CCCN2C1=O. The van der Waals surface area contributed by atoms with E-state index < -0.39 is 45.7 Å². The van der Waals surface area contributed by atoms with Crippen molar-refractivity contribution in [3.8, 4) is 0 Å². The third kappa shape index (κ3) is 5.94. The van der Waals surface area contributed by atoms with Gasteiger partial charge in [-0.15, -0.1) is 0 Å². The van der Waals surface area contributed by atoms with Gasteiger partial charge in [0.1, 0.15) is 11.6 Å². The standard InChI is InChI=1S/C28H40N6O5S/c29-22-12-5-3-1-2-4-11-21-18-28(21,31-25(35)24-14-9-16-33(24)26(22)36)27(37)32-40(38,39)34-17-7-6-13-23(34)20-10-8-15-30-19-20/h4,8,10-11,15,19,21-24H,1-3,5-7,9,12-14,16-18,29H2,(H,31,35)(H,32,37)/b11-4-/t21-,22+,23?,24+,28-/m1/s1. The highest BCUT2D eigenvalue weighted by Gasteiger charge is 2.61. The number of nitrogens with one attached hydrogen (secondary N) is 2. The van der Waals surface area contributed by atoms with Crippen LogP contribution in [0.1, 0.15) is 82.2 Å². The number of hydrogen-bond acceptors (Lipinski definition) is 7. The first-order valence-corrected chi connectivity index (χ1v) is 16.0. The molecule has 3 fully saturated rings. The first-order valence-electron chi connectivity index (χ1n) is 14.5. The summed E-state index contributed by atoms with van der Waals surface area (Å²) in [5, 5.41) is 2.88. The van der Waals surface area contributed by atoms with Gasteiger partial charge in [0, 0.05) is 31.4 Å². The summed E-state index contributed by atoms with van der Waals surface area (Å²) in [6.45, 7) is 0.719. The summed E-state index contributed by atoms with van der Waals surface area (Å²) in [6, 6.07) is 1.79. The molecule has 0 aromatic carbocycles. The summed E-state index contributed by atoms with van der Waals surface area (Å²) >= 11 is 0. The molecule has 1 unspecified atom stereocenters. The molecule has 3 aliphatic heterocycles. The molecule has 3 amide bonds. The van der Waals surface area contributed by atoms with Gasteiger partial charge in [-0.25, -0.2) is 4.72 Å². The van der Waals surface area contributed by atoms with Crippen LogP contribution in [0, 0.1) is 5.92 Å². The number of allylic oxidation sites excluding steroid dienone is 1. The van der Waals surface area contributed by atoms with E-state index >= 15 is 0 Å². The van der Waals surface area contributed by atoms with Gasteiger partial charge < -0.3 is 16.0 Å². The van der Waals surface area contributed by atoms with Crippen molar-refractivity contribution in [1.82, 2.24) is 24.2 Å². The van der Waals surface area contributed by atoms with E-state index in [1.807, 2.05) is 18.2 Å². The molecule has 4 aliphatic rings. The summed E-state index contributed by atoms with van der Waals surface area (Å²) in [5.74, 6) is -1.77. The van der Waals surface area contributed by atoms with Crippen molar-refractivity contribution in [3.63, 3.8) is 0 Å². The van der Waals surface area contributed by atoms with Gasteiger partial charge in [0.15, 0.2) is 0 Å². The van der Waals surface area contributed by atoms with E-state index in [1.54, 1.807) is 18.5 Å². The zero-order valence-electron chi connectivity index (χ0n) is 22.8. The summed E-state index contributed by atoms with van der Waals surface area (Å²) in [7, 11) is -4.21. The molecule has 0 spiro atoms. The quantitative estimate of drug-likeness (QED) is 0.464. The summed E-state index contributed by atoms with van der Waals surface area (Å²) < 4.78 is 30.8. The number of nitrogens with zero attached hydrogens (tertiary/aromatic N) is 3. The zero-order chi connectivity index (χ0) is 28.3. The average molecular weight is 573 g/mol. The molecule has 2 saturated heterocycles. The maximum Gasteiger partial charge on any atom is 0.304 e. The molecule has 0 radical (unpaired) electrons. The van der Waals surface area contributed by atoms with Gasteiger partial charge in [-0.3, -0.25) is 19.4 Å². The van der Waals surface area contributed by atoms with Crippen LogP contribution in [0.4, 0.5) is 0 Å². The fourth-order valence-electron chi connectivity index (χ4n) is 6.35. The zero-order valence-corrected chi connectivity index (χ0v) is 23.7. The number of rotatable bonds is 4.